The third-order valence-electron chi connectivity index (χ3n) is 4.76. The van der Waals surface area contributed by atoms with Gasteiger partial charge in [-0.1, -0.05) is 6.92 Å². The molecule has 3 unspecified atom stereocenters. The van der Waals surface area contributed by atoms with E-state index >= 15 is 0 Å². The Hall–Kier alpha value is 0.0549. The normalized spacial score (nSPS) is 25.9. The summed E-state index contributed by atoms with van der Waals surface area (Å²) < 4.78 is 32.6. The van der Waals surface area contributed by atoms with Gasteiger partial charge >= 0.3 is 0 Å². The fraction of sp³-hybridized carbons (Fsp3) is 0.944. The second-order valence-corrected chi connectivity index (χ2v) is 13.3. The average Bonchev–Trinajstić information content (AvgIpc) is 2.85. The van der Waals surface area contributed by atoms with Crippen LogP contribution < -0.4 is 0 Å². The van der Waals surface area contributed by atoms with Gasteiger partial charge in [-0.2, -0.15) is 5.26 Å². The van der Waals surface area contributed by atoms with E-state index in [4.69, 9.17) is 26.9 Å². The third-order valence-corrected chi connectivity index (χ3v) is 9.25. The Labute approximate surface area is 168 Å². The molecule has 0 aromatic rings. The largest absolute Gasteiger partial charge is 0.382 e. The first kappa shape index (κ1) is 25.1. The van der Waals surface area contributed by atoms with E-state index in [1.54, 1.807) is 0 Å². The van der Waals surface area contributed by atoms with Gasteiger partial charge in [-0.15, -0.1) is 0 Å². The van der Waals surface area contributed by atoms with Gasteiger partial charge in [-0.3, -0.25) is 0 Å². The van der Waals surface area contributed by atoms with Gasteiger partial charge in [-0.05, 0) is 47.4 Å². The van der Waals surface area contributed by atoms with E-state index in [2.05, 4.69) is 38.4 Å². The smallest absolute Gasteiger partial charge is 0.259 e. The molecule has 1 rings (SSSR count). The van der Waals surface area contributed by atoms with Crippen LogP contribution in [0.15, 0.2) is 0 Å². The minimum absolute atomic E-state index is 0.0595. The monoisotopic (exact) mass is 416 g/mol. The predicted molar refractivity (Wildman–Crippen MR) is 113 cm³/mol. The summed E-state index contributed by atoms with van der Waals surface area (Å²) in [7, 11) is 2.67. The van der Waals surface area contributed by atoms with E-state index in [9.17, 15) is 4.57 Å². The summed E-state index contributed by atoms with van der Waals surface area (Å²) in [6.45, 7) is 14.4. The number of nitrogens with zero attached hydrogens (tertiary/aromatic N) is 2. The van der Waals surface area contributed by atoms with Crippen molar-refractivity contribution in [2.24, 2.45) is 0 Å². The molecule has 0 aliphatic carbocycles. The number of ether oxygens (including phenoxy) is 1. The number of rotatable bonds is 11. The fourth-order valence-electron chi connectivity index (χ4n) is 3.06. The molecular formula is C18H35BN2O4P2. The Morgan fingerprint density at radius 1 is 1.30 bits per heavy atom. The lowest BCUT2D eigenvalue weighted by Gasteiger charge is -2.37. The standard InChI is InChI=1S/C18H35BN2O4P2/c1-13(2)21(14(3)4)26(23-10-8-9-20)25-17-12-16(24-18(17)19)11-15(5)27(6,7)22/h13-18H,8,10-12H2,1-7H3/t15?,16-,17?,18-,26?/m1/s1. The lowest BCUT2D eigenvalue weighted by atomic mass is 9.94. The van der Waals surface area contributed by atoms with Gasteiger partial charge in [0.15, 0.2) is 0 Å². The van der Waals surface area contributed by atoms with E-state index in [1.807, 2.05) is 20.3 Å². The summed E-state index contributed by atoms with van der Waals surface area (Å²) in [6.07, 6.45) is 1.36. The van der Waals surface area contributed by atoms with Gasteiger partial charge in [0.05, 0.1) is 38.4 Å². The molecule has 6 nitrogen and oxygen atoms in total. The molecule has 1 aliphatic rings. The van der Waals surface area contributed by atoms with Crippen molar-refractivity contribution in [2.45, 2.75) is 89.8 Å². The van der Waals surface area contributed by atoms with Crippen molar-refractivity contribution in [3.8, 4) is 6.07 Å². The minimum Gasteiger partial charge on any atom is -0.382 e. The predicted octanol–water partition coefficient (Wildman–Crippen LogP) is 4.33. The topological polar surface area (TPSA) is 71.8 Å². The van der Waals surface area contributed by atoms with E-state index in [-0.39, 0.29) is 30.0 Å². The number of nitriles is 1. The molecule has 5 atom stereocenters. The Bertz CT molecular complexity index is 530. The first-order chi connectivity index (χ1) is 12.5. The molecule has 0 bridgehead atoms. The van der Waals surface area contributed by atoms with Crippen LogP contribution in [0.25, 0.3) is 0 Å². The zero-order valence-corrected chi connectivity index (χ0v) is 19.6. The van der Waals surface area contributed by atoms with E-state index in [0.29, 0.717) is 25.9 Å². The molecule has 154 valence electrons. The van der Waals surface area contributed by atoms with E-state index < -0.39 is 21.7 Å². The van der Waals surface area contributed by atoms with Crippen LogP contribution in [-0.2, 0) is 18.3 Å². The summed E-state index contributed by atoms with van der Waals surface area (Å²) in [5.41, 5.74) is 0.0877. The first-order valence-electron chi connectivity index (χ1n) is 9.68. The maximum absolute atomic E-state index is 12.3. The Morgan fingerprint density at radius 3 is 2.37 bits per heavy atom. The van der Waals surface area contributed by atoms with Crippen LogP contribution in [0, 0.1) is 11.3 Å². The molecular weight excluding hydrogens is 381 g/mol. The number of hydrogen-bond donors (Lipinski definition) is 0. The average molecular weight is 416 g/mol. The second-order valence-electron chi connectivity index (χ2n) is 8.17. The van der Waals surface area contributed by atoms with E-state index in [0.717, 1.165) is 0 Å². The molecule has 1 fully saturated rings. The summed E-state index contributed by atoms with van der Waals surface area (Å²) in [5.74, 6) is 0. The molecule has 0 aromatic heterocycles. The maximum Gasteiger partial charge on any atom is 0.259 e. The molecule has 9 heteroatoms. The summed E-state index contributed by atoms with van der Waals surface area (Å²) in [6, 6.07) is 2.04. The van der Waals surface area contributed by atoms with Gasteiger partial charge < -0.3 is 18.3 Å². The molecule has 27 heavy (non-hydrogen) atoms. The van der Waals surface area contributed by atoms with Crippen LogP contribution in [0.3, 0.4) is 0 Å². The zero-order chi connectivity index (χ0) is 20.8. The third kappa shape index (κ3) is 8.13. The molecule has 2 radical (unpaired) electrons. The molecule has 1 saturated heterocycles. The van der Waals surface area contributed by atoms with Crippen molar-refractivity contribution in [1.29, 1.82) is 5.26 Å². The molecule has 0 amide bonds. The van der Waals surface area contributed by atoms with Gasteiger partial charge in [0, 0.05) is 30.2 Å². The Morgan fingerprint density at radius 2 is 1.89 bits per heavy atom. The van der Waals surface area contributed by atoms with Crippen molar-refractivity contribution in [3.63, 3.8) is 0 Å². The first-order valence-corrected chi connectivity index (χ1v) is 13.5. The lowest BCUT2D eigenvalue weighted by Crippen LogP contribution is -2.36. The highest BCUT2D eigenvalue weighted by Gasteiger charge is 2.39. The highest BCUT2D eigenvalue weighted by atomic mass is 31.2. The fourth-order valence-corrected chi connectivity index (χ4v) is 5.54. The molecule has 0 spiro atoms. The van der Waals surface area contributed by atoms with Crippen molar-refractivity contribution >= 4 is 23.5 Å². The van der Waals surface area contributed by atoms with Crippen LogP contribution in [-0.4, -0.2) is 68.4 Å². The molecule has 1 heterocycles. The van der Waals surface area contributed by atoms with Crippen molar-refractivity contribution < 1.29 is 18.3 Å². The quantitative estimate of drug-likeness (QED) is 0.284. The molecule has 0 N–H and O–H groups in total. The minimum atomic E-state index is -2.16. The highest BCUT2D eigenvalue weighted by Crippen LogP contribution is 2.50. The summed E-state index contributed by atoms with van der Waals surface area (Å²) in [5, 5.41) is 8.81. The SMILES string of the molecule is [B][C@@H]1O[C@H](CC(C)P(C)(C)=O)CC1OP(OCCC#N)N(C(C)C)C(C)C. The Kier molecular flexibility index (Phi) is 10.5. The molecule has 0 saturated carbocycles. The second kappa shape index (κ2) is 11.3. The number of hydrogen-bond acceptors (Lipinski definition) is 6. The van der Waals surface area contributed by atoms with Crippen molar-refractivity contribution in [3.05, 3.63) is 0 Å². The van der Waals surface area contributed by atoms with Crippen LogP contribution in [0.1, 0.15) is 53.9 Å². The van der Waals surface area contributed by atoms with Crippen LogP contribution >= 0.6 is 15.7 Å². The van der Waals surface area contributed by atoms with Crippen molar-refractivity contribution in [1.82, 2.24) is 4.67 Å². The van der Waals surface area contributed by atoms with Crippen LogP contribution in [0.5, 0.6) is 0 Å². The summed E-state index contributed by atoms with van der Waals surface area (Å²) >= 11 is 0. The molecule has 0 aromatic carbocycles. The zero-order valence-electron chi connectivity index (χ0n) is 17.8. The van der Waals surface area contributed by atoms with Crippen molar-refractivity contribution in [2.75, 3.05) is 19.9 Å². The van der Waals surface area contributed by atoms with E-state index in [1.165, 1.54) is 0 Å². The van der Waals surface area contributed by atoms with Gasteiger partial charge in [0.25, 0.3) is 8.53 Å². The van der Waals surface area contributed by atoms with Gasteiger partial charge in [-0.25, -0.2) is 4.67 Å². The Balaban J connectivity index is 2.79. The lowest BCUT2D eigenvalue weighted by molar-refractivity contribution is 0.0560. The van der Waals surface area contributed by atoms with Crippen LogP contribution in [0.4, 0.5) is 0 Å². The van der Waals surface area contributed by atoms with Gasteiger partial charge in [0.2, 0.25) is 0 Å². The maximum atomic E-state index is 12.3. The summed E-state index contributed by atoms with van der Waals surface area (Å²) in [4.78, 5) is 0. The highest BCUT2D eigenvalue weighted by molar-refractivity contribution is 7.63. The van der Waals surface area contributed by atoms with Gasteiger partial charge in [0.1, 0.15) is 7.85 Å². The molecule has 1 aliphatic heterocycles. The van der Waals surface area contributed by atoms with Crippen LogP contribution in [0.2, 0.25) is 0 Å².